The van der Waals surface area contributed by atoms with Gasteiger partial charge in [-0.15, -0.1) is 0 Å². The summed E-state index contributed by atoms with van der Waals surface area (Å²) in [5, 5.41) is 17.6. The Kier molecular flexibility index (Phi) is 3.59. The average Bonchev–Trinajstić information content (AvgIpc) is 2.30. The van der Waals surface area contributed by atoms with Crippen LogP contribution in [0.15, 0.2) is 0 Å². The molecule has 4 atom stereocenters. The number of phosphoric ester groups is 1. The van der Waals surface area contributed by atoms with Gasteiger partial charge in [0.2, 0.25) is 6.29 Å². The molecular weight excluding hydrogens is 222 g/mol. The Morgan fingerprint density at radius 3 is 2.43 bits per heavy atom. The first-order valence-corrected chi connectivity index (χ1v) is 5.20. The highest BCUT2D eigenvalue weighted by atomic mass is 31.2. The maximum atomic E-state index is 13.0. The number of aliphatic hydroxyl groups is 2. The summed E-state index contributed by atoms with van der Waals surface area (Å²) in [4.78, 5) is 16.7. The van der Waals surface area contributed by atoms with E-state index in [0.29, 0.717) is 0 Å². The number of hydrogen-bond acceptors (Lipinski definition) is 5. The van der Waals surface area contributed by atoms with Crippen LogP contribution in [0.3, 0.4) is 0 Å². The van der Waals surface area contributed by atoms with Gasteiger partial charge in [-0.05, 0) is 0 Å². The highest BCUT2D eigenvalue weighted by molar-refractivity contribution is 7.46. The van der Waals surface area contributed by atoms with E-state index in [2.05, 4.69) is 9.26 Å². The summed E-state index contributed by atoms with van der Waals surface area (Å²) in [5.74, 6) is 0. The lowest BCUT2D eigenvalue weighted by Crippen LogP contribution is -2.31. The fourth-order valence-corrected chi connectivity index (χ4v) is 1.50. The average molecular weight is 232 g/mol. The number of aliphatic hydroxyl groups excluding tert-OH is 2. The van der Waals surface area contributed by atoms with Crippen LogP contribution >= 0.6 is 7.82 Å². The molecule has 1 rings (SSSR count). The van der Waals surface area contributed by atoms with Crippen molar-refractivity contribution in [3.05, 3.63) is 0 Å². The molecule has 0 radical (unpaired) electrons. The van der Waals surface area contributed by atoms with Gasteiger partial charge in [-0.25, -0.2) is 8.96 Å². The third kappa shape index (κ3) is 2.71. The van der Waals surface area contributed by atoms with Gasteiger partial charge in [0, 0.05) is 0 Å². The van der Waals surface area contributed by atoms with E-state index >= 15 is 0 Å². The zero-order valence-electron chi connectivity index (χ0n) is 6.86. The minimum Gasteiger partial charge on any atom is -0.394 e. The molecule has 2 unspecified atom stereocenters. The van der Waals surface area contributed by atoms with Crippen LogP contribution in [-0.2, 0) is 13.8 Å². The Bertz CT molecular complexity index is 242. The summed E-state index contributed by atoms with van der Waals surface area (Å²) in [7, 11) is -4.87. The predicted octanol–water partition coefficient (Wildman–Crippen LogP) is -1.49. The summed E-state index contributed by atoms with van der Waals surface area (Å²) >= 11 is 0. The largest absolute Gasteiger partial charge is 0.472 e. The molecule has 14 heavy (non-hydrogen) atoms. The highest BCUT2D eigenvalue weighted by Gasteiger charge is 2.47. The van der Waals surface area contributed by atoms with Crippen LogP contribution in [-0.4, -0.2) is 51.3 Å². The summed E-state index contributed by atoms with van der Waals surface area (Å²) in [6.45, 7) is -0.664. The maximum Gasteiger partial charge on any atom is 0.472 e. The molecule has 1 aliphatic heterocycles. The minimum atomic E-state index is -4.87. The number of phosphoric acid groups is 1. The third-order valence-corrected chi connectivity index (χ3v) is 2.18. The van der Waals surface area contributed by atoms with E-state index in [1.165, 1.54) is 0 Å². The first-order valence-electron chi connectivity index (χ1n) is 3.67. The molecule has 0 aromatic carbocycles. The van der Waals surface area contributed by atoms with E-state index in [1.54, 1.807) is 0 Å². The molecule has 0 saturated carbocycles. The summed E-state index contributed by atoms with van der Waals surface area (Å²) in [6, 6.07) is 0. The molecule has 0 bridgehead atoms. The van der Waals surface area contributed by atoms with E-state index in [0.717, 1.165) is 0 Å². The van der Waals surface area contributed by atoms with Crippen LogP contribution in [0, 0.1) is 0 Å². The van der Waals surface area contributed by atoms with Crippen LogP contribution in [0.5, 0.6) is 0 Å². The molecular formula is C5H10FO7P. The van der Waals surface area contributed by atoms with Gasteiger partial charge in [0.15, 0.2) is 6.17 Å². The van der Waals surface area contributed by atoms with Crippen LogP contribution in [0.25, 0.3) is 0 Å². The van der Waals surface area contributed by atoms with E-state index in [4.69, 9.17) is 20.0 Å². The Balaban J connectivity index is 2.61. The molecule has 1 saturated heterocycles. The van der Waals surface area contributed by atoms with Crippen LogP contribution in [0.1, 0.15) is 0 Å². The number of rotatable bonds is 3. The number of ether oxygens (including phenoxy) is 1. The van der Waals surface area contributed by atoms with Crippen molar-refractivity contribution in [1.82, 2.24) is 0 Å². The monoisotopic (exact) mass is 232 g/mol. The normalized spacial score (nSPS) is 38.9. The molecule has 7 nitrogen and oxygen atoms in total. The van der Waals surface area contributed by atoms with Crippen molar-refractivity contribution < 1.29 is 38.2 Å². The lowest BCUT2D eigenvalue weighted by atomic mass is 10.2. The van der Waals surface area contributed by atoms with Crippen LogP contribution in [0.4, 0.5) is 4.39 Å². The van der Waals surface area contributed by atoms with Crippen molar-refractivity contribution in [2.75, 3.05) is 6.61 Å². The lowest BCUT2D eigenvalue weighted by molar-refractivity contribution is -0.114. The fraction of sp³-hybridized carbons (Fsp3) is 1.00. The van der Waals surface area contributed by atoms with Crippen LogP contribution in [0.2, 0.25) is 0 Å². The zero-order chi connectivity index (χ0) is 10.9. The van der Waals surface area contributed by atoms with E-state index in [9.17, 15) is 8.96 Å². The molecule has 0 aliphatic carbocycles. The Morgan fingerprint density at radius 1 is 1.50 bits per heavy atom. The molecule has 9 heteroatoms. The second kappa shape index (κ2) is 4.19. The van der Waals surface area contributed by atoms with Gasteiger partial charge >= 0.3 is 7.82 Å². The van der Waals surface area contributed by atoms with Crippen LogP contribution < -0.4 is 0 Å². The van der Waals surface area contributed by atoms with E-state index in [-0.39, 0.29) is 0 Å². The van der Waals surface area contributed by atoms with E-state index < -0.39 is 39.1 Å². The van der Waals surface area contributed by atoms with Crippen molar-refractivity contribution in [2.24, 2.45) is 0 Å². The predicted molar refractivity (Wildman–Crippen MR) is 39.8 cm³/mol. The maximum absolute atomic E-state index is 13.0. The zero-order valence-corrected chi connectivity index (χ0v) is 7.75. The summed E-state index contributed by atoms with van der Waals surface area (Å²) < 4.78 is 31.7. The minimum absolute atomic E-state index is 0.664. The number of halogens is 1. The SMILES string of the molecule is O=P(O)(O)O[C@H]1OC(CO)[C@@H](O)C1F. The van der Waals surface area contributed by atoms with Gasteiger partial charge in [0.1, 0.15) is 12.2 Å². The topological polar surface area (TPSA) is 116 Å². The molecule has 1 aliphatic rings. The second-order valence-electron chi connectivity index (χ2n) is 2.76. The molecule has 0 amide bonds. The van der Waals surface area contributed by atoms with Gasteiger partial charge in [-0.1, -0.05) is 0 Å². The summed E-state index contributed by atoms with van der Waals surface area (Å²) in [6.07, 6.45) is -6.85. The van der Waals surface area contributed by atoms with Gasteiger partial charge in [0.05, 0.1) is 6.61 Å². The van der Waals surface area contributed by atoms with Crippen molar-refractivity contribution in [2.45, 2.75) is 24.7 Å². The first kappa shape index (κ1) is 12.0. The molecule has 84 valence electrons. The molecule has 1 heterocycles. The smallest absolute Gasteiger partial charge is 0.394 e. The highest BCUT2D eigenvalue weighted by Crippen LogP contribution is 2.41. The van der Waals surface area contributed by atoms with Crippen molar-refractivity contribution in [3.63, 3.8) is 0 Å². The Morgan fingerprint density at radius 2 is 2.07 bits per heavy atom. The fourth-order valence-electron chi connectivity index (χ4n) is 1.06. The quantitative estimate of drug-likeness (QED) is 0.438. The standard InChI is InChI=1S/C5H10FO7P/c6-3-4(8)2(1-7)12-5(3)13-14(9,10)11/h2-5,7-8H,1H2,(H2,9,10,11)/t2?,3?,4-,5-/m1/s1. The van der Waals surface area contributed by atoms with E-state index in [1.807, 2.05) is 0 Å². The van der Waals surface area contributed by atoms with Gasteiger partial charge < -0.3 is 24.7 Å². The molecule has 0 spiro atoms. The molecule has 0 aromatic heterocycles. The number of alkyl halides is 1. The lowest BCUT2D eigenvalue weighted by Gasteiger charge is -2.13. The first-order chi connectivity index (χ1) is 6.35. The number of hydrogen-bond donors (Lipinski definition) is 4. The van der Waals surface area contributed by atoms with Crippen molar-refractivity contribution in [3.8, 4) is 0 Å². The van der Waals surface area contributed by atoms with Gasteiger partial charge in [-0.3, -0.25) is 4.52 Å². The van der Waals surface area contributed by atoms with Crippen molar-refractivity contribution in [1.29, 1.82) is 0 Å². The van der Waals surface area contributed by atoms with Gasteiger partial charge in [-0.2, -0.15) is 0 Å². The Hall–Kier alpha value is -0.0800. The molecule has 0 aromatic rings. The molecule has 1 fully saturated rings. The summed E-state index contributed by atoms with van der Waals surface area (Å²) in [5.41, 5.74) is 0. The van der Waals surface area contributed by atoms with Crippen molar-refractivity contribution >= 4 is 7.82 Å². The second-order valence-corrected chi connectivity index (χ2v) is 3.95. The van der Waals surface area contributed by atoms with Gasteiger partial charge in [0.25, 0.3) is 0 Å². The molecule has 4 N–H and O–H groups in total. The Labute approximate surface area is 78.3 Å². The third-order valence-electron chi connectivity index (χ3n) is 1.70.